The van der Waals surface area contributed by atoms with Crippen LogP contribution in [0.25, 0.3) is 6.08 Å². The van der Waals surface area contributed by atoms with Crippen LogP contribution in [0.5, 0.6) is 0 Å². The van der Waals surface area contributed by atoms with Crippen LogP contribution in [0.4, 0.5) is 0 Å². The van der Waals surface area contributed by atoms with Gasteiger partial charge in [0.25, 0.3) is 0 Å². The van der Waals surface area contributed by atoms with Gasteiger partial charge in [0.1, 0.15) is 0 Å². The van der Waals surface area contributed by atoms with Gasteiger partial charge in [0.15, 0.2) is 0 Å². The Morgan fingerprint density at radius 2 is 1.53 bits per heavy atom. The topological polar surface area (TPSA) is 69.7 Å². The molecule has 0 bridgehead atoms. The number of likely N-dealkylation sites (tertiary alicyclic amines) is 2. The molecule has 0 aliphatic carbocycles. The van der Waals surface area contributed by atoms with Crippen LogP contribution in [0.2, 0.25) is 0 Å². The molecule has 2 aliphatic rings. The molecule has 0 spiro atoms. The second-order valence-electron chi connectivity index (χ2n) is 8.23. The molecule has 0 radical (unpaired) electrons. The van der Waals surface area contributed by atoms with Gasteiger partial charge in [0.05, 0.1) is 0 Å². The number of amides is 3. The van der Waals surface area contributed by atoms with E-state index in [1.807, 2.05) is 53.1 Å². The van der Waals surface area contributed by atoms with Crippen LogP contribution in [0.1, 0.15) is 44.6 Å². The highest BCUT2D eigenvalue weighted by molar-refractivity contribution is 5.92. The Balaban J connectivity index is 1.42. The van der Waals surface area contributed by atoms with Crippen molar-refractivity contribution in [1.82, 2.24) is 15.1 Å². The van der Waals surface area contributed by atoms with E-state index in [-0.39, 0.29) is 29.6 Å². The van der Waals surface area contributed by atoms with Crippen LogP contribution in [0.15, 0.2) is 36.4 Å². The van der Waals surface area contributed by atoms with Crippen LogP contribution in [0, 0.1) is 11.8 Å². The highest BCUT2D eigenvalue weighted by Crippen LogP contribution is 2.24. The molecular formula is C24H33N3O3. The summed E-state index contributed by atoms with van der Waals surface area (Å²) in [6.07, 6.45) is 7.28. The predicted octanol–water partition coefficient (Wildman–Crippen LogP) is 2.70. The molecule has 2 heterocycles. The molecule has 0 atom stereocenters. The zero-order chi connectivity index (χ0) is 21.3. The Labute approximate surface area is 179 Å². The minimum Gasteiger partial charge on any atom is -0.356 e. The summed E-state index contributed by atoms with van der Waals surface area (Å²) in [4.78, 5) is 41.2. The molecular weight excluding hydrogens is 378 g/mol. The highest BCUT2D eigenvalue weighted by Gasteiger charge is 2.33. The number of carbonyl (C=O) groups is 3. The van der Waals surface area contributed by atoms with Crippen LogP contribution in [0.3, 0.4) is 0 Å². The summed E-state index contributed by atoms with van der Waals surface area (Å²) in [6, 6.07) is 9.77. The SMILES string of the molecule is CCCNC(=O)C1CCN(C(=O)C2CCN(C(=O)C=Cc3ccccc3)CC2)CC1. The molecule has 6 heteroatoms. The number of benzene rings is 1. The molecule has 3 rings (SSSR count). The number of hydrogen-bond acceptors (Lipinski definition) is 3. The summed E-state index contributed by atoms with van der Waals surface area (Å²) in [5, 5.41) is 2.96. The largest absolute Gasteiger partial charge is 0.356 e. The first-order valence-corrected chi connectivity index (χ1v) is 11.2. The van der Waals surface area contributed by atoms with E-state index in [9.17, 15) is 14.4 Å². The highest BCUT2D eigenvalue weighted by atomic mass is 16.2. The van der Waals surface area contributed by atoms with Crippen molar-refractivity contribution in [2.75, 3.05) is 32.7 Å². The van der Waals surface area contributed by atoms with Gasteiger partial charge in [-0.05, 0) is 43.7 Å². The van der Waals surface area contributed by atoms with Gasteiger partial charge in [0, 0.05) is 50.6 Å². The molecule has 3 amide bonds. The molecule has 30 heavy (non-hydrogen) atoms. The van der Waals surface area contributed by atoms with Gasteiger partial charge in [-0.1, -0.05) is 37.3 Å². The average molecular weight is 412 g/mol. The first-order valence-electron chi connectivity index (χ1n) is 11.2. The fourth-order valence-electron chi connectivity index (χ4n) is 4.20. The van der Waals surface area contributed by atoms with Crippen molar-refractivity contribution in [2.24, 2.45) is 11.8 Å². The number of nitrogens with one attached hydrogen (secondary N) is 1. The van der Waals surface area contributed by atoms with E-state index in [1.54, 1.807) is 6.08 Å². The van der Waals surface area contributed by atoms with Crippen molar-refractivity contribution in [3.05, 3.63) is 42.0 Å². The fraction of sp³-hybridized carbons (Fsp3) is 0.542. The Morgan fingerprint density at radius 1 is 0.933 bits per heavy atom. The summed E-state index contributed by atoms with van der Waals surface area (Å²) in [7, 11) is 0. The smallest absolute Gasteiger partial charge is 0.246 e. The number of carbonyl (C=O) groups excluding carboxylic acids is 3. The fourth-order valence-corrected chi connectivity index (χ4v) is 4.20. The lowest BCUT2D eigenvalue weighted by Gasteiger charge is -2.36. The van der Waals surface area contributed by atoms with E-state index in [0.29, 0.717) is 39.0 Å². The molecule has 1 aromatic carbocycles. The van der Waals surface area contributed by atoms with Gasteiger partial charge < -0.3 is 15.1 Å². The van der Waals surface area contributed by atoms with Crippen molar-refractivity contribution in [3.63, 3.8) is 0 Å². The van der Waals surface area contributed by atoms with Crippen molar-refractivity contribution >= 4 is 23.8 Å². The maximum atomic E-state index is 12.9. The van der Waals surface area contributed by atoms with Gasteiger partial charge in [-0.3, -0.25) is 14.4 Å². The van der Waals surface area contributed by atoms with Crippen LogP contribution < -0.4 is 5.32 Å². The molecule has 2 aliphatic heterocycles. The standard InChI is InChI=1S/C24H33N3O3/c1-2-14-25-23(29)20-10-17-27(18-11-20)24(30)21-12-15-26(16-13-21)22(28)9-8-19-6-4-3-5-7-19/h3-9,20-21H,2,10-18H2,1H3,(H,25,29). The average Bonchev–Trinajstić information content (AvgIpc) is 2.81. The molecule has 2 saturated heterocycles. The number of nitrogens with zero attached hydrogens (tertiary/aromatic N) is 2. The first-order chi connectivity index (χ1) is 14.6. The predicted molar refractivity (Wildman–Crippen MR) is 117 cm³/mol. The van der Waals surface area contributed by atoms with Gasteiger partial charge in [-0.2, -0.15) is 0 Å². The second-order valence-corrected chi connectivity index (χ2v) is 8.23. The van der Waals surface area contributed by atoms with Crippen molar-refractivity contribution in [2.45, 2.75) is 39.0 Å². The summed E-state index contributed by atoms with van der Waals surface area (Å²) < 4.78 is 0. The summed E-state index contributed by atoms with van der Waals surface area (Å²) in [6.45, 7) is 5.30. The van der Waals surface area contributed by atoms with Crippen LogP contribution >= 0.6 is 0 Å². The number of hydrogen-bond donors (Lipinski definition) is 1. The zero-order valence-electron chi connectivity index (χ0n) is 17.9. The Morgan fingerprint density at radius 3 is 2.17 bits per heavy atom. The van der Waals surface area contributed by atoms with Crippen LogP contribution in [-0.4, -0.2) is 60.2 Å². The normalized spacial score (nSPS) is 18.6. The Hall–Kier alpha value is -2.63. The minimum absolute atomic E-state index is 0.00339. The molecule has 0 saturated carbocycles. The lowest BCUT2D eigenvalue weighted by Crippen LogP contribution is -2.47. The van der Waals surface area contributed by atoms with Gasteiger partial charge in [-0.15, -0.1) is 0 Å². The summed E-state index contributed by atoms with van der Waals surface area (Å²) in [5.41, 5.74) is 1.00. The van der Waals surface area contributed by atoms with E-state index in [0.717, 1.165) is 31.4 Å². The van der Waals surface area contributed by atoms with E-state index < -0.39 is 0 Å². The first kappa shape index (κ1) is 22.1. The maximum Gasteiger partial charge on any atom is 0.246 e. The van der Waals surface area contributed by atoms with Crippen molar-refractivity contribution < 1.29 is 14.4 Å². The zero-order valence-corrected chi connectivity index (χ0v) is 17.9. The molecule has 1 aromatic rings. The molecule has 162 valence electrons. The van der Waals surface area contributed by atoms with Crippen molar-refractivity contribution in [1.29, 1.82) is 0 Å². The lowest BCUT2D eigenvalue weighted by molar-refractivity contribution is -0.141. The van der Waals surface area contributed by atoms with E-state index in [1.165, 1.54) is 0 Å². The summed E-state index contributed by atoms with van der Waals surface area (Å²) >= 11 is 0. The monoisotopic (exact) mass is 411 g/mol. The molecule has 1 N–H and O–H groups in total. The lowest BCUT2D eigenvalue weighted by atomic mass is 9.91. The maximum absolute atomic E-state index is 12.9. The quantitative estimate of drug-likeness (QED) is 0.732. The molecule has 0 aromatic heterocycles. The number of piperidine rings is 2. The summed E-state index contributed by atoms with van der Waals surface area (Å²) in [5.74, 6) is 0.325. The third-order valence-electron chi connectivity index (χ3n) is 6.10. The minimum atomic E-state index is -0.0161. The van der Waals surface area contributed by atoms with Gasteiger partial charge in [-0.25, -0.2) is 0 Å². The third-order valence-corrected chi connectivity index (χ3v) is 6.10. The Kier molecular flexibility index (Phi) is 8.05. The van der Waals surface area contributed by atoms with Crippen molar-refractivity contribution in [3.8, 4) is 0 Å². The van der Waals surface area contributed by atoms with E-state index in [2.05, 4.69) is 5.32 Å². The molecule has 2 fully saturated rings. The molecule has 0 unspecified atom stereocenters. The van der Waals surface area contributed by atoms with Crippen LogP contribution in [-0.2, 0) is 14.4 Å². The second kappa shape index (κ2) is 11.0. The van der Waals surface area contributed by atoms with Gasteiger partial charge in [0.2, 0.25) is 17.7 Å². The van der Waals surface area contributed by atoms with E-state index >= 15 is 0 Å². The third kappa shape index (κ3) is 5.94. The number of rotatable bonds is 6. The molecule has 6 nitrogen and oxygen atoms in total. The van der Waals surface area contributed by atoms with Gasteiger partial charge >= 0.3 is 0 Å². The Bertz CT molecular complexity index is 746. The van der Waals surface area contributed by atoms with E-state index in [4.69, 9.17) is 0 Å².